The first-order valence-electron chi connectivity index (χ1n) is 5.12. The van der Waals surface area contributed by atoms with Crippen molar-refractivity contribution in [2.75, 3.05) is 11.9 Å². The molecule has 0 spiro atoms. The molecule has 7 heteroatoms. The highest BCUT2D eigenvalue weighted by molar-refractivity contribution is 9.10. The van der Waals surface area contributed by atoms with Crippen molar-refractivity contribution in [3.05, 3.63) is 22.9 Å². The standard InChI is InChI=1S/C10H14Br2N2O2S/c1-8(2-3-11)5-14-17(15,16)10-4-9(12)6-13-7-10/h4,6-8,14H,2-3,5H2,1H3. The molecule has 0 fully saturated rings. The Labute approximate surface area is 119 Å². The monoisotopic (exact) mass is 384 g/mol. The van der Waals surface area contributed by atoms with E-state index in [1.807, 2.05) is 6.92 Å². The van der Waals surface area contributed by atoms with Crippen molar-refractivity contribution in [3.63, 3.8) is 0 Å². The minimum atomic E-state index is -3.45. The van der Waals surface area contributed by atoms with Crippen molar-refractivity contribution < 1.29 is 8.42 Å². The van der Waals surface area contributed by atoms with Gasteiger partial charge in [-0.15, -0.1) is 0 Å². The van der Waals surface area contributed by atoms with Crippen LogP contribution >= 0.6 is 31.9 Å². The van der Waals surface area contributed by atoms with Crippen LogP contribution in [0.5, 0.6) is 0 Å². The Morgan fingerprint density at radius 1 is 1.47 bits per heavy atom. The Balaban J connectivity index is 2.69. The fourth-order valence-electron chi connectivity index (χ4n) is 1.16. The third-order valence-corrected chi connectivity index (χ3v) is 4.50. The zero-order valence-electron chi connectivity index (χ0n) is 9.36. The van der Waals surface area contributed by atoms with Gasteiger partial charge in [0.25, 0.3) is 0 Å². The second-order valence-electron chi connectivity index (χ2n) is 3.77. The summed E-state index contributed by atoms with van der Waals surface area (Å²) in [6.07, 6.45) is 3.81. The number of hydrogen-bond acceptors (Lipinski definition) is 3. The number of nitrogens with one attached hydrogen (secondary N) is 1. The number of rotatable bonds is 6. The van der Waals surface area contributed by atoms with Gasteiger partial charge in [0.2, 0.25) is 10.0 Å². The van der Waals surface area contributed by atoms with Gasteiger partial charge in [0.15, 0.2) is 0 Å². The van der Waals surface area contributed by atoms with Crippen LogP contribution in [0, 0.1) is 5.92 Å². The molecule has 1 aromatic heterocycles. The van der Waals surface area contributed by atoms with Crippen molar-refractivity contribution in [2.24, 2.45) is 5.92 Å². The van der Waals surface area contributed by atoms with E-state index >= 15 is 0 Å². The molecule has 0 saturated carbocycles. The van der Waals surface area contributed by atoms with Gasteiger partial charge in [-0.05, 0) is 34.3 Å². The second-order valence-corrected chi connectivity index (χ2v) is 7.25. The van der Waals surface area contributed by atoms with Crippen molar-refractivity contribution in [1.29, 1.82) is 0 Å². The average Bonchev–Trinajstić information content (AvgIpc) is 2.27. The lowest BCUT2D eigenvalue weighted by Crippen LogP contribution is -2.28. The quantitative estimate of drug-likeness (QED) is 0.765. The SMILES string of the molecule is CC(CCBr)CNS(=O)(=O)c1cncc(Br)c1. The molecule has 0 radical (unpaired) electrons. The Morgan fingerprint density at radius 2 is 2.18 bits per heavy atom. The number of sulfonamides is 1. The molecule has 1 unspecified atom stereocenters. The number of aromatic nitrogens is 1. The Hall–Kier alpha value is 0.0200. The summed E-state index contributed by atoms with van der Waals surface area (Å²) in [5.74, 6) is 0.296. The highest BCUT2D eigenvalue weighted by Crippen LogP contribution is 2.14. The predicted octanol–water partition coefficient (Wildman–Crippen LogP) is 2.54. The van der Waals surface area contributed by atoms with E-state index in [-0.39, 0.29) is 4.90 Å². The van der Waals surface area contributed by atoms with Crippen LogP contribution in [0.3, 0.4) is 0 Å². The van der Waals surface area contributed by atoms with E-state index in [1.54, 1.807) is 6.20 Å². The summed E-state index contributed by atoms with van der Waals surface area (Å²) in [5.41, 5.74) is 0. The lowest BCUT2D eigenvalue weighted by molar-refractivity contribution is 0.531. The average molecular weight is 386 g/mol. The van der Waals surface area contributed by atoms with Crippen LogP contribution in [0.25, 0.3) is 0 Å². The molecule has 0 aliphatic heterocycles. The van der Waals surface area contributed by atoms with Gasteiger partial charge in [0.05, 0.1) is 0 Å². The van der Waals surface area contributed by atoms with E-state index in [0.717, 1.165) is 11.8 Å². The number of alkyl halides is 1. The molecule has 0 aliphatic rings. The highest BCUT2D eigenvalue weighted by atomic mass is 79.9. The molecule has 1 N–H and O–H groups in total. The molecule has 1 aromatic rings. The zero-order chi connectivity index (χ0) is 12.9. The first kappa shape index (κ1) is 15.1. The molecular weight excluding hydrogens is 372 g/mol. The molecule has 1 rings (SSSR count). The maximum absolute atomic E-state index is 11.9. The third kappa shape index (κ3) is 5.03. The van der Waals surface area contributed by atoms with Gasteiger partial charge in [-0.25, -0.2) is 13.1 Å². The first-order valence-corrected chi connectivity index (χ1v) is 8.51. The van der Waals surface area contributed by atoms with E-state index in [2.05, 4.69) is 41.6 Å². The fraction of sp³-hybridized carbons (Fsp3) is 0.500. The van der Waals surface area contributed by atoms with Crippen LogP contribution < -0.4 is 4.72 Å². The number of pyridine rings is 1. The van der Waals surface area contributed by atoms with Crippen molar-refractivity contribution in [2.45, 2.75) is 18.2 Å². The van der Waals surface area contributed by atoms with E-state index in [4.69, 9.17) is 0 Å². The van der Waals surface area contributed by atoms with Gasteiger partial charge in [0.1, 0.15) is 4.90 Å². The summed E-state index contributed by atoms with van der Waals surface area (Å²) in [7, 11) is -3.45. The van der Waals surface area contributed by atoms with Crippen LogP contribution in [-0.4, -0.2) is 25.3 Å². The molecule has 0 amide bonds. The molecular formula is C10H14Br2N2O2S. The minimum Gasteiger partial charge on any atom is -0.262 e. The smallest absolute Gasteiger partial charge is 0.242 e. The second kappa shape index (κ2) is 6.82. The number of halogens is 2. The number of hydrogen-bond donors (Lipinski definition) is 1. The van der Waals surface area contributed by atoms with Gasteiger partial charge in [-0.1, -0.05) is 22.9 Å². The van der Waals surface area contributed by atoms with Crippen LogP contribution in [0.4, 0.5) is 0 Å². The lowest BCUT2D eigenvalue weighted by atomic mass is 10.1. The van der Waals surface area contributed by atoms with Crippen LogP contribution in [0.15, 0.2) is 27.8 Å². The minimum absolute atomic E-state index is 0.179. The summed E-state index contributed by atoms with van der Waals surface area (Å²) in [5, 5.41) is 0.869. The predicted molar refractivity (Wildman–Crippen MR) is 74.7 cm³/mol. The molecule has 17 heavy (non-hydrogen) atoms. The first-order chi connectivity index (χ1) is 7.95. The van der Waals surface area contributed by atoms with Crippen molar-refractivity contribution in [3.8, 4) is 0 Å². The van der Waals surface area contributed by atoms with E-state index in [9.17, 15) is 8.42 Å². The van der Waals surface area contributed by atoms with E-state index in [0.29, 0.717) is 16.9 Å². The molecule has 0 saturated heterocycles. The van der Waals surface area contributed by atoms with Crippen LogP contribution in [0.1, 0.15) is 13.3 Å². The molecule has 1 atom stereocenters. The van der Waals surface area contributed by atoms with Gasteiger partial charge < -0.3 is 0 Å². The highest BCUT2D eigenvalue weighted by Gasteiger charge is 2.15. The maximum Gasteiger partial charge on any atom is 0.242 e. The molecule has 0 aromatic carbocycles. The Morgan fingerprint density at radius 3 is 2.76 bits per heavy atom. The molecule has 0 aliphatic carbocycles. The van der Waals surface area contributed by atoms with E-state index in [1.165, 1.54) is 12.3 Å². The van der Waals surface area contributed by atoms with Gasteiger partial charge in [-0.2, -0.15) is 0 Å². The largest absolute Gasteiger partial charge is 0.262 e. The van der Waals surface area contributed by atoms with Crippen molar-refractivity contribution >= 4 is 41.9 Å². The Bertz CT molecular complexity index is 465. The van der Waals surface area contributed by atoms with Gasteiger partial charge in [0, 0.05) is 28.7 Å². The van der Waals surface area contributed by atoms with Gasteiger partial charge in [-0.3, -0.25) is 4.98 Å². The summed E-state index contributed by atoms with van der Waals surface area (Å²) < 4.78 is 27.0. The van der Waals surface area contributed by atoms with Crippen LogP contribution in [0.2, 0.25) is 0 Å². The molecule has 4 nitrogen and oxygen atoms in total. The van der Waals surface area contributed by atoms with E-state index < -0.39 is 10.0 Å². The lowest BCUT2D eigenvalue weighted by Gasteiger charge is -2.11. The molecule has 96 valence electrons. The van der Waals surface area contributed by atoms with Gasteiger partial charge >= 0.3 is 0 Å². The summed E-state index contributed by atoms with van der Waals surface area (Å²) in [6.45, 7) is 2.43. The zero-order valence-corrected chi connectivity index (χ0v) is 13.3. The summed E-state index contributed by atoms with van der Waals surface area (Å²) in [6, 6.07) is 1.53. The Kier molecular flexibility index (Phi) is 6.05. The topological polar surface area (TPSA) is 59.1 Å². The third-order valence-electron chi connectivity index (χ3n) is 2.21. The molecule has 1 heterocycles. The van der Waals surface area contributed by atoms with Crippen LogP contribution in [-0.2, 0) is 10.0 Å². The normalized spacial score (nSPS) is 13.6. The van der Waals surface area contributed by atoms with Crippen molar-refractivity contribution in [1.82, 2.24) is 9.71 Å². The maximum atomic E-state index is 11.9. The summed E-state index contributed by atoms with van der Waals surface area (Å²) in [4.78, 5) is 4.02. The number of nitrogens with zero attached hydrogens (tertiary/aromatic N) is 1. The molecule has 0 bridgehead atoms. The summed E-state index contributed by atoms with van der Waals surface area (Å²) >= 11 is 6.53. The fourth-order valence-corrected chi connectivity index (χ4v) is 3.61.